The van der Waals surface area contributed by atoms with Crippen LogP contribution in [0.25, 0.3) is 0 Å². The highest BCUT2D eigenvalue weighted by Crippen LogP contribution is 2.59. The van der Waals surface area contributed by atoms with E-state index in [1.165, 1.54) is 0 Å². The number of aliphatic carboxylic acids is 1. The van der Waals surface area contributed by atoms with Gasteiger partial charge >= 0.3 is 11.9 Å². The zero-order chi connectivity index (χ0) is 55.1. The quantitative estimate of drug-likeness (QED) is 0.226. The summed E-state index contributed by atoms with van der Waals surface area (Å²) >= 11 is 0. The fourth-order valence-electron chi connectivity index (χ4n) is 18.0. The fourth-order valence-corrected chi connectivity index (χ4v) is 18.0. The maximum atomic E-state index is 14.6. The van der Waals surface area contributed by atoms with Crippen molar-refractivity contribution < 1.29 is 101 Å². The highest BCUT2D eigenvalue weighted by Gasteiger charge is 2.79. The predicted octanol–water partition coefficient (Wildman–Crippen LogP) is 3.95. The number of aliphatic hydroxyl groups excluding tert-OH is 2. The van der Waals surface area contributed by atoms with Crippen molar-refractivity contribution in [2.75, 3.05) is 0 Å². The van der Waals surface area contributed by atoms with Crippen LogP contribution in [0.5, 0.6) is 0 Å². The third-order valence-electron chi connectivity index (χ3n) is 21.8. The molecule has 21 heteroatoms. The molecular weight excluding hydrogens is 1040 g/mol. The van der Waals surface area contributed by atoms with E-state index in [9.17, 15) is 30.0 Å². The van der Waals surface area contributed by atoms with E-state index in [-0.39, 0.29) is 110 Å². The van der Waals surface area contributed by atoms with Gasteiger partial charge in [-0.05, 0) is 73.8 Å². The van der Waals surface area contributed by atoms with Gasteiger partial charge in [-0.2, -0.15) is 0 Å². The Morgan fingerprint density at radius 2 is 1.26 bits per heavy atom. The molecule has 0 aromatic rings. The zero-order valence-corrected chi connectivity index (χ0v) is 46.3. The molecule has 444 valence electrons. The highest BCUT2D eigenvalue weighted by atomic mass is 16.8. The van der Waals surface area contributed by atoms with Crippen LogP contribution in [0.4, 0.5) is 0 Å². The van der Waals surface area contributed by atoms with Gasteiger partial charge in [0.1, 0.15) is 36.6 Å². The van der Waals surface area contributed by atoms with Crippen LogP contribution in [0.3, 0.4) is 0 Å². The highest BCUT2D eigenvalue weighted by molar-refractivity contribution is 5.70. The summed E-state index contributed by atoms with van der Waals surface area (Å²) in [6.07, 6.45) is -5.45. The number of carboxylic acids is 1. The van der Waals surface area contributed by atoms with E-state index in [4.69, 9.17) is 71.1 Å². The van der Waals surface area contributed by atoms with E-state index < -0.39 is 121 Å². The topological polar surface area (TPSA) is 254 Å². The summed E-state index contributed by atoms with van der Waals surface area (Å²) in [5.41, 5.74) is 1.99. The summed E-state index contributed by atoms with van der Waals surface area (Å²) < 4.78 is 102. The molecule has 0 saturated carbocycles. The smallest absolute Gasteiger partial charge is 0.308 e. The second kappa shape index (κ2) is 19.6. The molecular formula is C59H82O21. The minimum atomic E-state index is -2.04. The number of rotatable bonds is 2. The van der Waals surface area contributed by atoms with E-state index in [0.717, 1.165) is 24.0 Å². The molecule has 16 aliphatic heterocycles. The van der Waals surface area contributed by atoms with Gasteiger partial charge in [0.15, 0.2) is 17.7 Å². The van der Waals surface area contributed by atoms with Crippen LogP contribution in [0.2, 0.25) is 0 Å². The van der Waals surface area contributed by atoms with Gasteiger partial charge in [0.05, 0.1) is 117 Å². The second-order valence-corrected chi connectivity index (χ2v) is 27.3. The molecule has 0 aromatic carbocycles. The Morgan fingerprint density at radius 1 is 0.562 bits per heavy atom. The van der Waals surface area contributed by atoms with E-state index in [0.29, 0.717) is 70.6 Å². The molecule has 21 nitrogen and oxygen atoms in total. The van der Waals surface area contributed by atoms with Crippen molar-refractivity contribution in [3.8, 4) is 0 Å². The Morgan fingerprint density at radius 3 is 2.09 bits per heavy atom. The van der Waals surface area contributed by atoms with Gasteiger partial charge in [-0.15, -0.1) is 0 Å². The van der Waals surface area contributed by atoms with Crippen LogP contribution in [0, 0.1) is 23.7 Å². The minimum Gasteiger partial charge on any atom is -0.481 e. The van der Waals surface area contributed by atoms with Gasteiger partial charge in [-0.1, -0.05) is 40.9 Å². The molecule has 16 saturated heterocycles. The van der Waals surface area contributed by atoms with E-state index >= 15 is 0 Å². The Hall–Kier alpha value is -2.26. The van der Waals surface area contributed by atoms with Crippen LogP contribution >= 0.6 is 0 Å². The molecule has 0 aromatic heterocycles. The molecule has 32 atom stereocenters. The molecule has 16 heterocycles. The van der Waals surface area contributed by atoms with Gasteiger partial charge in [-0.25, -0.2) is 0 Å². The molecule has 16 rings (SSSR count). The number of hydrogen-bond donors (Lipinski definition) is 4. The minimum absolute atomic E-state index is 0.00631. The molecule has 16 fully saturated rings. The lowest BCUT2D eigenvalue weighted by Gasteiger charge is -2.54. The van der Waals surface area contributed by atoms with Crippen molar-refractivity contribution in [3.05, 3.63) is 24.3 Å². The van der Waals surface area contributed by atoms with Crippen LogP contribution in [-0.2, 0) is 80.6 Å². The SMILES string of the molecule is C=C1C[C@@H]2CC[C@@]34OC5C6O[C@](O)([C@H](O3)[C@@H]6O[C@H]3CC[C@H](CC(=O)O[C@@H]6[C@@H](C)[C@@H]7O[C@@H]8C[C@]9(C[C@@H]%10O[C@]%11(C[C@H](C)[C@@H]%12O[C@H](CC(=O)O)[C@H](O)C[C@@H]%12O%11)C[C@H](C)[C@@H]%10O9)O[C@@H]8C[C@@H]7O[C@H]6C[C@H]6O[C@@H](CC[C@@H]1O2)C[C@@H](C)C6=C)O[C@H]53)[C@H]4O. The van der Waals surface area contributed by atoms with Crippen LogP contribution in [0.1, 0.15) is 137 Å². The standard InChI is InChI=1S/C59H82O21/c1-24-13-30-7-9-34-25(2)14-32(66-34)11-12-58-55(64)59(65)54(80-58)53-52(79-59)51(78-58)50-35(70-53)10-8-31(68-50)15-45(63)73-49-29(6)48-40(69-39(49)17-36(67-30)28(24)5)18-38-42(72-48)22-57(74-38)23-43-47(77-57)27(4)21-56(76-43)20-26(3)46-41(75-56)16-33(60)37(71-46)19-44(61)62/h24,26-27,29-43,46-55,60,64-65H,2,5,7-23H2,1,3-4,6H3,(H,61,62)/t24-,26+,27+,29+,30+,31-,32+,33-,34+,35+,36-,37-,38-,39+,40+,41+,42-,43+,46+,47+,48+,49-,50+,51?,52?,53-,54-,55+,56-,57+,58-,59-/m1/s1. The monoisotopic (exact) mass is 1130 g/mol. The number of carboxylic acid groups (broad SMARTS) is 1. The number of carbonyl (C=O) groups is 2. The lowest BCUT2D eigenvalue weighted by atomic mass is 9.78. The van der Waals surface area contributed by atoms with Gasteiger partial charge < -0.3 is 91.5 Å². The predicted molar refractivity (Wildman–Crippen MR) is 271 cm³/mol. The summed E-state index contributed by atoms with van der Waals surface area (Å²) in [6, 6.07) is 0. The molecule has 12 bridgehead atoms. The van der Waals surface area contributed by atoms with Crippen molar-refractivity contribution in [2.24, 2.45) is 23.7 Å². The first kappa shape index (κ1) is 54.4. The van der Waals surface area contributed by atoms with Crippen LogP contribution in [0.15, 0.2) is 24.3 Å². The second-order valence-electron chi connectivity index (χ2n) is 27.3. The van der Waals surface area contributed by atoms with Gasteiger partial charge in [0, 0.05) is 57.3 Å². The normalized spacial score (nSPS) is 58.7. The largest absolute Gasteiger partial charge is 0.481 e. The number of ether oxygens (including phenoxy) is 15. The molecule has 0 aliphatic carbocycles. The Balaban J connectivity index is 0.666. The number of hydrogen-bond acceptors (Lipinski definition) is 20. The number of esters is 1. The summed E-state index contributed by atoms with van der Waals surface area (Å²) in [7, 11) is 0. The fraction of sp³-hybridized carbons (Fsp3) is 0.898. The molecule has 4 N–H and O–H groups in total. The summed E-state index contributed by atoms with van der Waals surface area (Å²) in [5.74, 6) is -7.08. The van der Waals surface area contributed by atoms with Crippen molar-refractivity contribution >= 4 is 11.9 Å². The molecule has 3 spiro atoms. The van der Waals surface area contributed by atoms with E-state index in [1.54, 1.807) is 0 Å². The number of aliphatic hydroxyl groups is 3. The van der Waals surface area contributed by atoms with Gasteiger partial charge in [0.2, 0.25) is 11.6 Å². The van der Waals surface area contributed by atoms with Crippen molar-refractivity contribution in [1.29, 1.82) is 0 Å². The van der Waals surface area contributed by atoms with Gasteiger partial charge in [-0.3, -0.25) is 9.59 Å². The molecule has 16 aliphatic rings. The van der Waals surface area contributed by atoms with Crippen LogP contribution in [-0.4, -0.2) is 202 Å². The summed E-state index contributed by atoms with van der Waals surface area (Å²) in [5, 5.41) is 44.2. The average molecular weight is 1130 g/mol. The van der Waals surface area contributed by atoms with Crippen molar-refractivity contribution in [3.63, 3.8) is 0 Å². The lowest BCUT2D eigenvalue weighted by Crippen LogP contribution is -2.63. The van der Waals surface area contributed by atoms with Crippen molar-refractivity contribution in [1.82, 2.24) is 0 Å². The number of fused-ring (bicyclic) bond motifs is 10. The molecule has 2 unspecified atom stereocenters. The Labute approximate surface area is 466 Å². The third-order valence-corrected chi connectivity index (χ3v) is 21.8. The average Bonchev–Trinajstić information content (AvgIpc) is 4.32. The first-order chi connectivity index (χ1) is 38.2. The molecule has 0 radical (unpaired) electrons. The first-order valence-corrected chi connectivity index (χ1v) is 30.4. The Kier molecular flexibility index (Phi) is 13.3. The maximum Gasteiger partial charge on any atom is 0.308 e. The number of carbonyl (C=O) groups excluding carboxylic acids is 1. The summed E-state index contributed by atoms with van der Waals surface area (Å²) in [6.45, 7) is 17.5. The van der Waals surface area contributed by atoms with Crippen LogP contribution < -0.4 is 0 Å². The summed E-state index contributed by atoms with van der Waals surface area (Å²) in [4.78, 5) is 26.1. The van der Waals surface area contributed by atoms with Crippen molar-refractivity contribution in [2.45, 2.75) is 306 Å². The maximum absolute atomic E-state index is 14.6. The lowest BCUT2D eigenvalue weighted by molar-refractivity contribution is -0.371. The van der Waals surface area contributed by atoms with Gasteiger partial charge in [0.25, 0.3) is 0 Å². The third kappa shape index (κ3) is 8.84. The first-order valence-electron chi connectivity index (χ1n) is 30.4. The Bertz CT molecular complexity index is 2460. The zero-order valence-electron chi connectivity index (χ0n) is 46.3. The van der Waals surface area contributed by atoms with E-state index in [1.807, 2.05) is 0 Å². The molecule has 0 amide bonds. The molecule has 80 heavy (non-hydrogen) atoms. The van der Waals surface area contributed by atoms with E-state index in [2.05, 4.69) is 40.9 Å².